The maximum atomic E-state index is 12.6. The zero-order valence-electron chi connectivity index (χ0n) is 11.3. The molecule has 0 amide bonds. The van der Waals surface area contributed by atoms with E-state index in [2.05, 4.69) is 15.9 Å². The molecule has 0 aromatic heterocycles. The summed E-state index contributed by atoms with van der Waals surface area (Å²) in [5, 5.41) is 9.24. The lowest BCUT2D eigenvalue weighted by molar-refractivity contribution is 0.463. The van der Waals surface area contributed by atoms with Crippen molar-refractivity contribution in [3.8, 4) is 5.75 Å². The van der Waals surface area contributed by atoms with Crippen LogP contribution >= 0.6 is 15.9 Å². The predicted octanol–water partition coefficient (Wildman–Crippen LogP) is 2.56. The summed E-state index contributed by atoms with van der Waals surface area (Å²) in [6.07, 6.45) is 0. The van der Waals surface area contributed by atoms with Gasteiger partial charge in [-0.05, 0) is 51.8 Å². The highest BCUT2D eigenvalue weighted by Gasteiger charge is 2.23. The fourth-order valence-corrected chi connectivity index (χ4v) is 3.94. The Labute approximate surface area is 132 Å². The molecule has 0 fully saturated rings. The van der Waals surface area contributed by atoms with Gasteiger partial charge in [-0.1, -0.05) is 12.1 Å². The molecule has 0 unspecified atom stereocenters. The summed E-state index contributed by atoms with van der Waals surface area (Å²) in [6, 6.07) is 11.1. The number of hydrogen-bond acceptors (Lipinski definition) is 4. The van der Waals surface area contributed by atoms with Gasteiger partial charge in [0.05, 0.1) is 4.90 Å². The molecule has 7 heteroatoms. The molecule has 2 aromatic carbocycles. The fraction of sp³-hybridized carbons (Fsp3) is 0.143. The number of nitrogens with zero attached hydrogens (tertiary/aromatic N) is 1. The third-order valence-electron chi connectivity index (χ3n) is 2.99. The van der Waals surface area contributed by atoms with Crippen LogP contribution in [0.5, 0.6) is 5.75 Å². The van der Waals surface area contributed by atoms with Crippen LogP contribution in [-0.2, 0) is 16.6 Å². The molecular formula is C14H15BrN2O3S. The molecule has 5 nitrogen and oxygen atoms in total. The van der Waals surface area contributed by atoms with Gasteiger partial charge in [0.15, 0.2) is 0 Å². The number of halogens is 1. The van der Waals surface area contributed by atoms with Crippen molar-refractivity contribution in [1.82, 2.24) is 4.31 Å². The third-order valence-corrected chi connectivity index (χ3v) is 5.78. The van der Waals surface area contributed by atoms with E-state index in [1.165, 1.54) is 29.6 Å². The van der Waals surface area contributed by atoms with Gasteiger partial charge in [-0.2, -0.15) is 4.31 Å². The van der Waals surface area contributed by atoms with Crippen LogP contribution in [0.25, 0.3) is 0 Å². The Balaban J connectivity index is 2.30. The van der Waals surface area contributed by atoms with Crippen molar-refractivity contribution < 1.29 is 13.5 Å². The largest absolute Gasteiger partial charge is 0.508 e. The van der Waals surface area contributed by atoms with Gasteiger partial charge in [-0.25, -0.2) is 8.42 Å². The molecule has 0 saturated heterocycles. The average molecular weight is 371 g/mol. The molecule has 0 saturated carbocycles. The summed E-state index contributed by atoms with van der Waals surface area (Å²) < 4.78 is 26.8. The molecule has 0 aliphatic heterocycles. The van der Waals surface area contributed by atoms with Crippen LogP contribution in [-0.4, -0.2) is 24.9 Å². The fourth-order valence-electron chi connectivity index (χ4n) is 1.83. The maximum Gasteiger partial charge on any atom is 0.244 e. The normalized spacial score (nSPS) is 11.8. The lowest BCUT2D eigenvalue weighted by Gasteiger charge is -2.18. The van der Waals surface area contributed by atoms with Crippen molar-refractivity contribution >= 4 is 31.6 Å². The van der Waals surface area contributed by atoms with Gasteiger partial charge in [0, 0.05) is 23.8 Å². The second-order valence-electron chi connectivity index (χ2n) is 4.62. The number of benzene rings is 2. The maximum absolute atomic E-state index is 12.6. The second kappa shape index (κ2) is 6.05. The van der Waals surface area contributed by atoms with Crippen LogP contribution in [0.2, 0.25) is 0 Å². The van der Waals surface area contributed by atoms with E-state index < -0.39 is 10.0 Å². The standard InChI is InChI=1S/C14H15BrN2O3S/c1-17(9-10-2-5-12(18)6-3-10)21(19,20)14-8-11(16)4-7-13(14)15/h2-8,18H,9,16H2,1H3. The Bertz CT molecular complexity index is 745. The first kappa shape index (κ1) is 15.8. The molecule has 3 N–H and O–H groups in total. The van der Waals surface area contributed by atoms with E-state index in [0.717, 1.165) is 5.56 Å². The van der Waals surface area contributed by atoms with Crippen molar-refractivity contribution in [1.29, 1.82) is 0 Å². The highest BCUT2D eigenvalue weighted by Crippen LogP contribution is 2.27. The Morgan fingerprint density at radius 3 is 2.43 bits per heavy atom. The number of hydrogen-bond donors (Lipinski definition) is 2. The van der Waals surface area contributed by atoms with Crippen LogP contribution in [0.1, 0.15) is 5.56 Å². The lowest BCUT2D eigenvalue weighted by atomic mass is 10.2. The summed E-state index contributed by atoms with van der Waals surface area (Å²) in [5.74, 6) is 0.142. The van der Waals surface area contributed by atoms with Gasteiger partial charge < -0.3 is 10.8 Å². The molecule has 21 heavy (non-hydrogen) atoms. The number of nitrogens with two attached hydrogens (primary N) is 1. The number of nitrogen functional groups attached to an aromatic ring is 1. The van der Waals surface area contributed by atoms with Gasteiger partial charge in [0.25, 0.3) is 0 Å². The zero-order chi connectivity index (χ0) is 15.6. The van der Waals surface area contributed by atoms with E-state index in [1.807, 2.05) is 0 Å². The molecule has 0 aliphatic carbocycles. The van der Waals surface area contributed by atoms with E-state index >= 15 is 0 Å². The van der Waals surface area contributed by atoms with Crippen molar-refractivity contribution in [2.45, 2.75) is 11.4 Å². The van der Waals surface area contributed by atoms with Crippen molar-refractivity contribution in [3.05, 3.63) is 52.5 Å². The topological polar surface area (TPSA) is 83.6 Å². The summed E-state index contributed by atoms with van der Waals surface area (Å²) in [7, 11) is -2.16. The average Bonchev–Trinajstić information content (AvgIpc) is 2.43. The van der Waals surface area contributed by atoms with Gasteiger partial charge >= 0.3 is 0 Å². The monoisotopic (exact) mass is 370 g/mol. The lowest BCUT2D eigenvalue weighted by Crippen LogP contribution is -2.26. The molecule has 0 heterocycles. The highest BCUT2D eigenvalue weighted by atomic mass is 79.9. The van der Waals surface area contributed by atoms with Gasteiger partial charge in [-0.3, -0.25) is 0 Å². The van der Waals surface area contributed by atoms with Crippen molar-refractivity contribution in [2.75, 3.05) is 12.8 Å². The molecular weight excluding hydrogens is 356 g/mol. The Kier molecular flexibility index (Phi) is 4.55. The number of phenolic OH excluding ortho intramolecular Hbond substituents is 1. The number of sulfonamides is 1. The Morgan fingerprint density at radius 1 is 1.19 bits per heavy atom. The van der Waals surface area contributed by atoms with Crippen molar-refractivity contribution in [2.24, 2.45) is 0 Å². The van der Waals surface area contributed by atoms with Crippen molar-refractivity contribution in [3.63, 3.8) is 0 Å². The van der Waals surface area contributed by atoms with Crippen LogP contribution in [0.3, 0.4) is 0 Å². The third kappa shape index (κ3) is 3.55. The Hall–Kier alpha value is -1.57. The number of rotatable bonds is 4. The minimum Gasteiger partial charge on any atom is -0.508 e. The zero-order valence-corrected chi connectivity index (χ0v) is 13.7. The molecule has 2 aromatic rings. The number of anilines is 1. The van der Waals surface area contributed by atoms with Gasteiger partial charge in [-0.15, -0.1) is 0 Å². The molecule has 0 radical (unpaired) electrons. The number of aromatic hydroxyl groups is 1. The molecule has 0 aliphatic rings. The first-order valence-electron chi connectivity index (χ1n) is 6.10. The molecule has 0 bridgehead atoms. The summed E-state index contributed by atoms with van der Waals surface area (Å²) >= 11 is 3.24. The first-order valence-corrected chi connectivity index (χ1v) is 8.33. The van der Waals surface area contributed by atoms with Crippen LogP contribution in [0.4, 0.5) is 5.69 Å². The van der Waals surface area contributed by atoms with Crippen LogP contribution < -0.4 is 5.73 Å². The molecule has 2 rings (SSSR count). The van der Waals surface area contributed by atoms with E-state index in [1.54, 1.807) is 24.3 Å². The Morgan fingerprint density at radius 2 is 1.81 bits per heavy atom. The van der Waals surface area contributed by atoms with E-state index in [-0.39, 0.29) is 17.2 Å². The minimum absolute atomic E-state index is 0.128. The number of phenols is 1. The smallest absolute Gasteiger partial charge is 0.244 e. The van der Waals surface area contributed by atoms with E-state index in [0.29, 0.717) is 10.2 Å². The summed E-state index contributed by atoms with van der Waals surface area (Å²) in [4.78, 5) is 0.128. The van der Waals surface area contributed by atoms with E-state index in [9.17, 15) is 13.5 Å². The van der Waals surface area contributed by atoms with Crippen LogP contribution in [0, 0.1) is 0 Å². The summed E-state index contributed by atoms with van der Waals surface area (Å²) in [6.45, 7) is 0.198. The van der Waals surface area contributed by atoms with Crippen LogP contribution in [0.15, 0.2) is 51.8 Å². The summed E-state index contributed by atoms with van der Waals surface area (Å²) in [5.41, 5.74) is 6.82. The SMILES string of the molecule is CN(Cc1ccc(O)cc1)S(=O)(=O)c1cc(N)ccc1Br. The van der Waals surface area contributed by atoms with Gasteiger partial charge in [0.1, 0.15) is 5.75 Å². The molecule has 112 valence electrons. The highest BCUT2D eigenvalue weighted by molar-refractivity contribution is 9.10. The van der Waals surface area contributed by atoms with Gasteiger partial charge in [0.2, 0.25) is 10.0 Å². The molecule has 0 spiro atoms. The minimum atomic E-state index is -3.66. The van der Waals surface area contributed by atoms with E-state index in [4.69, 9.17) is 5.73 Å². The second-order valence-corrected chi connectivity index (χ2v) is 7.49. The predicted molar refractivity (Wildman–Crippen MR) is 85.3 cm³/mol. The molecule has 0 atom stereocenters. The quantitative estimate of drug-likeness (QED) is 0.810. The first-order chi connectivity index (χ1) is 9.80.